The van der Waals surface area contributed by atoms with Crippen molar-refractivity contribution in [1.82, 2.24) is 14.7 Å². The van der Waals surface area contributed by atoms with E-state index in [1.807, 2.05) is 4.68 Å². The van der Waals surface area contributed by atoms with E-state index in [0.717, 1.165) is 18.5 Å². The van der Waals surface area contributed by atoms with Gasteiger partial charge in [0.25, 0.3) is 5.91 Å². The maximum Gasteiger partial charge on any atom is 0.310 e. The molecule has 6 heteroatoms. The summed E-state index contributed by atoms with van der Waals surface area (Å²) in [4.78, 5) is 26.9. The van der Waals surface area contributed by atoms with Gasteiger partial charge in [0.15, 0.2) is 0 Å². The zero-order chi connectivity index (χ0) is 18.8. The summed E-state index contributed by atoms with van der Waals surface area (Å²) in [6.07, 6.45) is 3.28. The van der Waals surface area contributed by atoms with Gasteiger partial charge in [0, 0.05) is 13.1 Å². The highest BCUT2D eigenvalue weighted by Gasteiger charge is 2.33. The fourth-order valence-electron chi connectivity index (χ4n) is 3.40. The zero-order valence-corrected chi connectivity index (χ0v) is 16.3. The Hall–Kier alpha value is -1.85. The molecule has 1 aromatic heterocycles. The first kappa shape index (κ1) is 19.5. The number of amides is 1. The summed E-state index contributed by atoms with van der Waals surface area (Å²) < 4.78 is 7.07. The molecule has 2 rings (SSSR count). The second kappa shape index (κ2) is 7.58. The fourth-order valence-corrected chi connectivity index (χ4v) is 3.40. The minimum atomic E-state index is -0.224. The van der Waals surface area contributed by atoms with Gasteiger partial charge in [0.05, 0.1) is 35.5 Å². The highest BCUT2D eigenvalue weighted by molar-refractivity contribution is 5.95. The SMILES string of the molecule is CCOC(=O)C1CCCN(C(=O)c2cnn(C(C)(C)C)c2C(C)C)C1. The first-order valence-corrected chi connectivity index (χ1v) is 9.21. The Labute approximate surface area is 150 Å². The van der Waals surface area contributed by atoms with Crippen LogP contribution in [0.2, 0.25) is 0 Å². The van der Waals surface area contributed by atoms with Gasteiger partial charge in [-0.05, 0) is 46.5 Å². The molecule has 1 atom stereocenters. The molecule has 140 valence electrons. The molecular formula is C19H31N3O3. The Balaban J connectivity index is 2.26. The number of rotatable bonds is 4. The molecule has 0 aliphatic carbocycles. The normalized spacial score (nSPS) is 18.5. The summed E-state index contributed by atoms with van der Waals surface area (Å²) in [7, 11) is 0. The van der Waals surface area contributed by atoms with Crippen molar-refractivity contribution in [1.29, 1.82) is 0 Å². The molecule has 1 aromatic rings. The van der Waals surface area contributed by atoms with Gasteiger partial charge in [0.1, 0.15) is 0 Å². The summed E-state index contributed by atoms with van der Waals surface area (Å²) >= 11 is 0. The number of hydrogen-bond donors (Lipinski definition) is 0. The monoisotopic (exact) mass is 349 g/mol. The Kier molecular flexibility index (Phi) is 5.91. The molecule has 2 heterocycles. The van der Waals surface area contributed by atoms with E-state index in [2.05, 4.69) is 39.7 Å². The third-order valence-corrected chi connectivity index (χ3v) is 4.55. The molecule has 1 aliphatic rings. The third-order valence-electron chi connectivity index (χ3n) is 4.55. The lowest BCUT2D eigenvalue weighted by atomic mass is 9.96. The van der Waals surface area contributed by atoms with Crippen molar-refractivity contribution < 1.29 is 14.3 Å². The number of nitrogens with zero attached hydrogens (tertiary/aromatic N) is 3. The number of esters is 1. The van der Waals surface area contributed by atoms with Gasteiger partial charge in [-0.3, -0.25) is 14.3 Å². The Morgan fingerprint density at radius 1 is 1.36 bits per heavy atom. The van der Waals surface area contributed by atoms with Gasteiger partial charge < -0.3 is 9.64 Å². The van der Waals surface area contributed by atoms with Crippen LogP contribution in [-0.4, -0.2) is 46.3 Å². The van der Waals surface area contributed by atoms with Crippen molar-refractivity contribution >= 4 is 11.9 Å². The van der Waals surface area contributed by atoms with Gasteiger partial charge in [0.2, 0.25) is 0 Å². The lowest BCUT2D eigenvalue weighted by Gasteiger charge is -2.32. The highest BCUT2D eigenvalue weighted by atomic mass is 16.5. The molecule has 1 saturated heterocycles. The maximum atomic E-state index is 13.1. The van der Waals surface area contributed by atoms with Crippen molar-refractivity contribution in [3.8, 4) is 0 Å². The molecule has 0 bridgehead atoms. The standard InChI is InChI=1S/C19H31N3O3/c1-7-25-18(24)14-9-8-10-21(12-14)17(23)15-11-20-22(19(4,5)6)16(15)13(2)3/h11,13-14H,7-10,12H2,1-6H3. The van der Waals surface area contributed by atoms with Gasteiger partial charge in [-0.1, -0.05) is 13.8 Å². The Morgan fingerprint density at radius 3 is 2.60 bits per heavy atom. The molecule has 0 N–H and O–H groups in total. The van der Waals surface area contributed by atoms with E-state index in [-0.39, 0.29) is 29.3 Å². The Bertz CT molecular complexity index is 628. The minimum absolute atomic E-state index is 0.0341. The topological polar surface area (TPSA) is 64.4 Å². The van der Waals surface area contributed by atoms with Crippen LogP contribution >= 0.6 is 0 Å². The van der Waals surface area contributed by atoms with Crippen LogP contribution in [0.1, 0.15) is 76.4 Å². The molecule has 25 heavy (non-hydrogen) atoms. The minimum Gasteiger partial charge on any atom is -0.466 e. The van der Waals surface area contributed by atoms with Crippen LogP contribution in [0.15, 0.2) is 6.20 Å². The summed E-state index contributed by atoms with van der Waals surface area (Å²) in [5.74, 6) is -0.271. The van der Waals surface area contributed by atoms with Crippen LogP contribution < -0.4 is 0 Å². The van der Waals surface area contributed by atoms with Crippen molar-refractivity contribution in [2.45, 2.75) is 65.8 Å². The molecule has 0 radical (unpaired) electrons. The van der Waals surface area contributed by atoms with E-state index in [4.69, 9.17) is 4.74 Å². The maximum absolute atomic E-state index is 13.1. The van der Waals surface area contributed by atoms with E-state index in [1.54, 1.807) is 18.0 Å². The number of carbonyl (C=O) groups is 2. The van der Waals surface area contributed by atoms with E-state index in [9.17, 15) is 9.59 Å². The molecule has 0 aromatic carbocycles. The predicted octanol–water partition coefficient (Wildman–Crippen LogP) is 3.18. The molecular weight excluding hydrogens is 318 g/mol. The van der Waals surface area contributed by atoms with Gasteiger partial charge in [-0.25, -0.2) is 0 Å². The number of aromatic nitrogens is 2. The smallest absolute Gasteiger partial charge is 0.310 e. The van der Waals surface area contributed by atoms with Crippen LogP contribution in [0.3, 0.4) is 0 Å². The first-order chi connectivity index (χ1) is 11.7. The number of carbonyl (C=O) groups excluding carboxylic acids is 2. The summed E-state index contributed by atoms with van der Waals surface area (Å²) in [5, 5.41) is 4.49. The summed E-state index contributed by atoms with van der Waals surface area (Å²) in [6, 6.07) is 0. The summed E-state index contributed by atoms with van der Waals surface area (Å²) in [6.45, 7) is 13.7. The predicted molar refractivity (Wildman–Crippen MR) is 96.6 cm³/mol. The molecule has 6 nitrogen and oxygen atoms in total. The van der Waals surface area contributed by atoms with E-state index in [0.29, 0.717) is 25.3 Å². The second-order valence-corrected chi connectivity index (χ2v) is 8.02. The van der Waals surface area contributed by atoms with E-state index >= 15 is 0 Å². The summed E-state index contributed by atoms with van der Waals surface area (Å²) in [5.41, 5.74) is 1.42. The van der Waals surface area contributed by atoms with Crippen molar-refractivity contribution in [2.75, 3.05) is 19.7 Å². The van der Waals surface area contributed by atoms with Crippen LogP contribution in [-0.2, 0) is 15.1 Å². The molecule has 1 aliphatic heterocycles. The molecule has 1 unspecified atom stereocenters. The number of hydrogen-bond acceptors (Lipinski definition) is 4. The highest BCUT2D eigenvalue weighted by Crippen LogP contribution is 2.28. The number of likely N-dealkylation sites (tertiary alicyclic amines) is 1. The van der Waals surface area contributed by atoms with E-state index < -0.39 is 0 Å². The molecule has 1 amide bonds. The van der Waals surface area contributed by atoms with Gasteiger partial charge in [-0.15, -0.1) is 0 Å². The lowest BCUT2D eigenvalue weighted by Crippen LogP contribution is -2.43. The van der Waals surface area contributed by atoms with E-state index in [1.165, 1.54) is 0 Å². The van der Waals surface area contributed by atoms with Crippen molar-refractivity contribution in [2.24, 2.45) is 5.92 Å². The van der Waals surface area contributed by atoms with Crippen LogP contribution in [0.25, 0.3) is 0 Å². The number of piperidine rings is 1. The second-order valence-electron chi connectivity index (χ2n) is 8.02. The fraction of sp³-hybridized carbons (Fsp3) is 0.737. The third kappa shape index (κ3) is 4.22. The van der Waals surface area contributed by atoms with Crippen LogP contribution in [0, 0.1) is 5.92 Å². The Morgan fingerprint density at radius 2 is 2.04 bits per heavy atom. The molecule has 0 saturated carbocycles. The van der Waals surface area contributed by atoms with Gasteiger partial charge in [-0.2, -0.15) is 5.10 Å². The zero-order valence-electron chi connectivity index (χ0n) is 16.3. The average Bonchev–Trinajstić information content (AvgIpc) is 3.00. The molecule has 0 spiro atoms. The van der Waals surface area contributed by atoms with Crippen LogP contribution in [0.5, 0.6) is 0 Å². The first-order valence-electron chi connectivity index (χ1n) is 9.21. The average molecular weight is 349 g/mol. The number of ether oxygens (including phenoxy) is 1. The quantitative estimate of drug-likeness (QED) is 0.783. The van der Waals surface area contributed by atoms with Crippen LogP contribution in [0.4, 0.5) is 0 Å². The largest absolute Gasteiger partial charge is 0.466 e. The van der Waals surface area contributed by atoms with Gasteiger partial charge >= 0.3 is 5.97 Å². The lowest BCUT2D eigenvalue weighted by molar-refractivity contribution is -0.149. The van der Waals surface area contributed by atoms with Crippen molar-refractivity contribution in [3.05, 3.63) is 17.5 Å². The van der Waals surface area contributed by atoms with Crippen molar-refractivity contribution in [3.63, 3.8) is 0 Å². The molecule has 1 fully saturated rings.